The molecular weight excluding hydrogens is 364 g/mol. The van der Waals surface area contributed by atoms with Gasteiger partial charge in [0, 0.05) is 23.7 Å². The minimum Gasteiger partial charge on any atom is -0.497 e. The van der Waals surface area contributed by atoms with Gasteiger partial charge in [-0.15, -0.1) is 0 Å². The second-order valence-electron chi connectivity index (χ2n) is 6.58. The first-order valence-electron chi connectivity index (χ1n) is 9.25. The number of nitrogens with zero attached hydrogens (tertiary/aromatic N) is 2. The molecule has 29 heavy (non-hydrogen) atoms. The molecule has 0 bridgehead atoms. The number of aromatic nitrogens is 2. The molecule has 0 atom stereocenters. The summed E-state index contributed by atoms with van der Waals surface area (Å²) < 4.78 is 7.11. The molecule has 0 aliphatic rings. The van der Waals surface area contributed by atoms with E-state index in [1.807, 2.05) is 72.8 Å². The van der Waals surface area contributed by atoms with Crippen molar-refractivity contribution in [1.29, 1.82) is 0 Å². The Balaban J connectivity index is 1.79. The highest BCUT2D eigenvalue weighted by atomic mass is 16.5. The number of fused-ring (bicyclic) bond motifs is 1. The van der Waals surface area contributed by atoms with Gasteiger partial charge in [0.2, 0.25) is 0 Å². The Labute approximate surface area is 168 Å². The fourth-order valence-corrected chi connectivity index (χ4v) is 3.42. The van der Waals surface area contributed by atoms with Crippen LogP contribution in [0, 0.1) is 0 Å². The summed E-state index contributed by atoms with van der Waals surface area (Å²) in [4.78, 5) is 16.4. The Morgan fingerprint density at radius 2 is 1.93 bits per heavy atom. The molecular formula is C24H20N2O3. The Bertz CT molecular complexity index is 1190. The van der Waals surface area contributed by atoms with E-state index in [-0.39, 0.29) is 5.69 Å². The van der Waals surface area contributed by atoms with Gasteiger partial charge in [0.25, 0.3) is 0 Å². The van der Waals surface area contributed by atoms with Crippen LogP contribution in [-0.4, -0.2) is 27.7 Å². The number of aromatic carboxylic acids is 1. The van der Waals surface area contributed by atoms with E-state index in [4.69, 9.17) is 4.74 Å². The minimum atomic E-state index is -0.967. The van der Waals surface area contributed by atoms with Crippen LogP contribution in [0.2, 0.25) is 0 Å². The average Bonchev–Trinajstić information content (AvgIpc) is 3.14. The molecule has 0 spiro atoms. The maximum Gasteiger partial charge on any atom is 0.352 e. The molecule has 4 rings (SSSR count). The average molecular weight is 384 g/mol. The molecule has 0 saturated carbocycles. The van der Waals surface area contributed by atoms with Crippen molar-refractivity contribution in [2.45, 2.75) is 6.54 Å². The molecule has 0 saturated heterocycles. The van der Waals surface area contributed by atoms with Crippen LogP contribution in [0.25, 0.3) is 28.2 Å². The predicted octanol–water partition coefficient (Wildman–Crippen LogP) is 5.12. The Morgan fingerprint density at radius 1 is 1.10 bits per heavy atom. The molecule has 2 aromatic carbocycles. The fraction of sp³-hybridized carbons (Fsp3) is 0.0833. The molecule has 1 N–H and O–H groups in total. The number of benzene rings is 2. The SMILES string of the molecule is COc1cccc(-c2nccc3c2cc(C(=O)O)n3C/C=C/c2ccccc2)c1. The smallest absolute Gasteiger partial charge is 0.352 e. The predicted molar refractivity (Wildman–Crippen MR) is 114 cm³/mol. The molecule has 4 aromatic rings. The van der Waals surface area contributed by atoms with Gasteiger partial charge < -0.3 is 14.4 Å². The van der Waals surface area contributed by atoms with Gasteiger partial charge in [-0.2, -0.15) is 0 Å². The maximum atomic E-state index is 11.9. The number of methoxy groups -OCH3 is 1. The third kappa shape index (κ3) is 3.75. The molecule has 2 heterocycles. The molecule has 0 radical (unpaired) electrons. The van der Waals surface area contributed by atoms with Gasteiger partial charge in [0.05, 0.1) is 18.3 Å². The van der Waals surface area contributed by atoms with Gasteiger partial charge in [-0.3, -0.25) is 4.98 Å². The van der Waals surface area contributed by atoms with Gasteiger partial charge in [0.1, 0.15) is 11.4 Å². The monoisotopic (exact) mass is 384 g/mol. The molecule has 2 aromatic heterocycles. The normalized spacial score (nSPS) is 11.2. The van der Waals surface area contributed by atoms with Crippen molar-refractivity contribution >= 4 is 22.9 Å². The fourth-order valence-electron chi connectivity index (χ4n) is 3.42. The number of pyridine rings is 1. The quantitative estimate of drug-likeness (QED) is 0.501. The van der Waals surface area contributed by atoms with E-state index in [0.29, 0.717) is 6.54 Å². The summed E-state index contributed by atoms with van der Waals surface area (Å²) in [5, 5.41) is 10.5. The second-order valence-corrected chi connectivity index (χ2v) is 6.58. The first-order valence-corrected chi connectivity index (χ1v) is 9.25. The van der Waals surface area contributed by atoms with E-state index in [2.05, 4.69) is 4.98 Å². The Morgan fingerprint density at radius 3 is 2.69 bits per heavy atom. The van der Waals surface area contributed by atoms with Crippen molar-refractivity contribution in [1.82, 2.24) is 9.55 Å². The van der Waals surface area contributed by atoms with Gasteiger partial charge in [-0.05, 0) is 29.8 Å². The summed E-state index contributed by atoms with van der Waals surface area (Å²) in [5.74, 6) is -0.240. The van der Waals surface area contributed by atoms with Crippen molar-refractivity contribution in [2.24, 2.45) is 0 Å². The molecule has 0 amide bonds. The van der Waals surface area contributed by atoms with Crippen LogP contribution in [0.5, 0.6) is 5.75 Å². The highest BCUT2D eigenvalue weighted by molar-refractivity contribution is 6.00. The zero-order valence-electron chi connectivity index (χ0n) is 15.9. The lowest BCUT2D eigenvalue weighted by Crippen LogP contribution is -2.07. The standard InChI is InChI=1S/C24H20N2O3/c1-29-19-11-5-10-18(15-19)23-20-16-22(24(27)28)26(21(20)12-13-25-23)14-6-9-17-7-3-2-4-8-17/h2-13,15-16H,14H2,1H3,(H,27,28)/b9-6+. The molecule has 0 aliphatic carbocycles. The molecule has 5 nitrogen and oxygen atoms in total. The third-order valence-electron chi connectivity index (χ3n) is 4.79. The molecule has 5 heteroatoms. The third-order valence-corrected chi connectivity index (χ3v) is 4.79. The molecule has 144 valence electrons. The molecule has 0 fully saturated rings. The number of ether oxygens (including phenoxy) is 1. The maximum absolute atomic E-state index is 11.9. The van der Waals surface area contributed by atoms with E-state index in [0.717, 1.165) is 33.5 Å². The van der Waals surface area contributed by atoms with Crippen LogP contribution in [-0.2, 0) is 6.54 Å². The van der Waals surface area contributed by atoms with Crippen molar-refractivity contribution in [3.05, 3.63) is 90.3 Å². The summed E-state index contributed by atoms with van der Waals surface area (Å²) in [6.45, 7) is 0.446. The first kappa shape index (κ1) is 18.5. The topological polar surface area (TPSA) is 64.3 Å². The van der Waals surface area contributed by atoms with Crippen LogP contribution in [0.4, 0.5) is 0 Å². The summed E-state index contributed by atoms with van der Waals surface area (Å²) >= 11 is 0. The largest absolute Gasteiger partial charge is 0.497 e. The number of carboxylic acids is 1. The molecule has 0 aliphatic heterocycles. The van der Waals surface area contributed by atoms with Crippen LogP contribution < -0.4 is 4.74 Å². The number of carboxylic acid groups (broad SMARTS) is 1. The highest BCUT2D eigenvalue weighted by Gasteiger charge is 2.17. The lowest BCUT2D eigenvalue weighted by molar-refractivity contribution is 0.0686. The van der Waals surface area contributed by atoms with Crippen LogP contribution >= 0.6 is 0 Å². The van der Waals surface area contributed by atoms with E-state index in [1.54, 1.807) is 23.9 Å². The zero-order valence-corrected chi connectivity index (χ0v) is 15.9. The number of allylic oxidation sites excluding steroid dienone is 1. The van der Waals surface area contributed by atoms with Gasteiger partial charge in [0.15, 0.2) is 0 Å². The number of hydrogen-bond donors (Lipinski definition) is 1. The minimum absolute atomic E-state index is 0.231. The number of carbonyl (C=O) groups is 1. The van der Waals surface area contributed by atoms with Crippen LogP contribution in [0.15, 0.2) is 79.0 Å². The van der Waals surface area contributed by atoms with E-state index in [9.17, 15) is 9.90 Å². The van der Waals surface area contributed by atoms with Crippen LogP contribution in [0.3, 0.4) is 0 Å². The Hall–Kier alpha value is -3.86. The Kier molecular flexibility index (Phi) is 5.12. The van der Waals surface area contributed by atoms with E-state index in [1.165, 1.54) is 0 Å². The van der Waals surface area contributed by atoms with E-state index >= 15 is 0 Å². The number of rotatable bonds is 6. The molecule has 0 unspecified atom stereocenters. The van der Waals surface area contributed by atoms with Gasteiger partial charge >= 0.3 is 5.97 Å². The van der Waals surface area contributed by atoms with Crippen molar-refractivity contribution in [3.63, 3.8) is 0 Å². The summed E-state index contributed by atoms with van der Waals surface area (Å²) in [7, 11) is 1.62. The van der Waals surface area contributed by atoms with Crippen molar-refractivity contribution in [2.75, 3.05) is 7.11 Å². The lowest BCUT2D eigenvalue weighted by Gasteiger charge is -2.07. The number of hydrogen-bond acceptors (Lipinski definition) is 3. The van der Waals surface area contributed by atoms with E-state index < -0.39 is 5.97 Å². The van der Waals surface area contributed by atoms with Crippen molar-refractivity contribution < 1.29 is 14.6 Å². The van der Waals surface area contributed by atoms with Crippen molar-refractivity contribution in [3.8, 4) is 17.0 Å². The van der Waals surface area contributed by atoms with Gasteiger partial charge in [-0.25, -0.2) is 4.79 Å². The summed E-state index contributed by atoms with van der Waals surface area (Å²) in [6, 6.07) is 21.1. The van der Waals surface area contributed by atoms with Gasteiger partial charge in [-0.1, -0.05) is 54.6 Å². The van der Waals surface area contributed by atoms with Crippen LogP contribution in [0.1, 0.15) is 16.1 Å². The first-order chi connectivity index (χ1) is 14.2. The lowest BCUT2D eigenvalue weighted by atomic mass is 10.1. The zero-order chi connectivity index (χ0) is 20.2. The second kappa shape index (κ2) is 8.02. The summed E-state index contributed by atoms with van der Waals surface area (Å²) in [6.07, 6.45) is 5.66. The summed E-state index contributed by atoms with van der Waals surface area (Å²) in [5.41, 5.74) is 3.74. The highest BCUT2D eigenvalue weighted by Crippen LogP contribution is 2.31.